The van der Waals surface area contributed by atoms with Crippen LogP contribution in [0.5, 0.6) is 0 Å². The van der Waals surface area contributed by atoms with E-state index in [1.165, 1.54) is 11.1 Å². The number of urea groups is 1. The van der Waals surface area contributed by atoms with Crippen molar-refractivity contribution < 1.29 is 23.9 Å². The maximum Gasteiger partial charge on any atom is 0.328 e. The molecule has 0 spiro atoms. The van der Waals surface area contributed by atoms with E-state index in [1.807, 2.05) is 6.07 Å². The van der Waals surface area contributed by atoms with E-state index in [-0.39, 0.29) is 18.3 Å². The summed E-state index contributed by atoms with van der Waals surface area (Å²) in [6.45, 7) is 2.39. The van der Waals surface area contributed by atoms with Crippen molar-refractivity contribution in [2.24, 2.45) is 0 Å². The van der Waals surface area contributed by atoms with Crippen LogP contribution in [0.3, 0.4) is 0 Å². The number of hydrogen-bond acceptors (Lipinski definition) is 8. The predicted molar refractivity (Wildman–Crippen MR) is 139 cm³/mol. The number of aromatic nitrogens is 2. The van der Waals surface area contributed by atoms with Gasteiger partial charge in [-0.05, 0) is 61.8 Å². The van der Waals surface area contributed by atoms with Crippen LogP contribution < -0.4 is 10.2 Å². The first-order valence-electron chi connectivity index (χ1n) is 12.8. The number of methoxy groups -OCH3 is 1. The Morgan fingerprint density at radius 2 is 2.21 bits per heavy atom. The number of nitrogens with zero attached hydrogens (tertiary/aromatic N) is 5. The molecule has 11 heteroatoms. The minimum absolute atomic E-state index is 0.000911. The van der Waals surface area contributed by atoms with Gasteiger partial charge in [0.15, 0.2) is 6.29 Å². The number of nitriles is 1. The first-order chi connectivity index (χ1) is 18.6. The molecular weight excluding hydrogens is 488 g/mol. The van der Waals surface area contributed by atoms with E-state index in [9.17, 15) is 19.6 Å². The van der Waals surface area contributed by atoms with Crippen molar-refractivity contribution in [2.45, 2.75) is 51.2 Å². The van der Waals surface area contributed by atoms with E-state index in [2.05, 4.69) is 21.4 Å². The molecule has 1 atom stereocenters. The molecular formula is C27H32N6O5. The lowest BCUT2D eigenvalue weighted by Crippen LogP contribution is -2.40. The van der Waals surface area contributed by atoms with E-state index in [4.69, 9.17) is 9.47 Å². The van der Waals surface area contributed by atoms with E-state index < -0.39 is 6.03 Å². The van der Waals surface area contributed by atoms with Crippen molar-refractivity contribution in [3.05, 3.63) is 46.3 Å². The van der Waals surface area contributed by atoms with E-state index in [0.29, 0.717) is 68.2 Å². The van der Waals surface area contributed by atoms with Gasteiger partial charge in [-0.3, -0.25) is 19.8 Å². The lowest BCUT2D eigenvalue weighted by molar-refractivity contribution is -0.120. The largest absolute Gasteiger partial charge is 0.385 e. The minimum Gasteiger partial charge on any atom is -0.385 e. The summed E-state index contributed by atoms with van der Waals surface area (Å²) in [7, 11) is 1.62. The zero-order valence-corrected chi connectivity index (χ0v) is 21.5. The van der Waals surface area contributed by atoms with Gasteiger partial charge in [-0.15, -0.1) is 0 Å². The second kappa shape index (κ2) is 13.1. The molecule has 4 rings (SSSR count). The number of carbonyl (C=O) groups is 3. The van der Waals surface area contributed by atoms with E-state index in [0.717, 1.165) is 43.2 Å². The van der Waals surface area contributed by atoms with Gasteiger partial charge in [0, 0.05) is 51.7 Å². The summed E-state index contributed by atoms with van der Waals surface area (Å²) >= 11 is 0. The van der Waals surface area contributed by atoms with E-state index >= 15 is 0 Å². The molecule has 2 aromatic rings. The Balaban J connectivity index is 1.51. The van der Waals surface area contributed by atoms with Crippen LogP contribution in [0.15, 0.2) is 18.3 Å². The van der Waals surface area contributed by atoms with Crippen molar-refractivity contribution >= 4 is 30.4 Å². The van der Waals surface area contributed by atoms with Crippen molar-refractivity contribution in [1.82, 2.24) is 14.9 Å². The van der Waals surface area contributed by atoms with Crippen LogP contribution in [0.1, 0.15) is 58.4 Å². The normalized spacial score (nSPS) is 16.4. The standard InChI is InChI=1S/C27H32N6O5/c1-37-9-3-6-19-12-25(29-14-22(19)13-28)31-27(36)33-8-2-5-20-11-21(24(17-34)30-26(20)33)15-32(18-35)16-23-7-4-10-38-23/h11-12,14,17-18,23H,2-10,15-16H2,1H3,(H,29,31,36)/t23-/m1/s1. The molecule has 0 aromatic carbocycles. The summed E-state index contributed by atoms with van der Waals surface area (Å²) in [5.74, 6) is 0.752. The third-order valence-corrected chi connectivity index (χ3v) is 6.76. The smallest absolute Gasteiger partial charge is 0.328 e. The Labute approximate surface area is 221 Å². The van der Waals surface area contributed by atoms with Crippen molar-refractivity contribution in [3.63, 3.8) is 0 Å². The fourth-order valence-electron chi connectivity index (χ4n) is 4.85. The number of fused-ring (bicyclic) bond motifs is 1. The summed E-state index contributed by atoms with van der Waals surface area (Å²) in [6.07, 6.45) is 7.52. The van der Waals surface area contributed by atoms with Crippen LogP contribution >= 0.6 is 0 Å². The highest BCUT2D eigenvalue weighted by molar-refractivity contribution is 6.01. The number of aryl methyl sites for hydroxylation is 2. The molecule has 4 heterocycles. The Morgan fingerprint density at radius 3 is 2.92 bits per heavy atom. The molecule has 1 saturated heterocycles. The molecule has 0 saturated carbocycles. The van der Waals surface area contributed by atoms with Gasteiger partial charge < -0.3 is 14.4 Å². The maximum absolute atomic E-state index is 13.3. The first-order valence-corrected chi connectivity index (χ1v) is 12.8. The molecule has 0 radical (unpaired) electrons. The first kappa shape index (κ1) is 27.2. The van der Waals surface area contributed by atoms with Gasteiger partial charge in [0.05, 0.1) is 11.7 Å². The van der Waals surface area contributed by atoms with Crippen molar-refractivity contribution in [2.75, 3.05) is 43.6 Å². The molecule has 2 aliphatic rings. The summed E-state index contributed by atoms with van der Waals surface area (Å²) in [5.41, 5.74) is 2.90. The average Bonchev–Trinajstić information content (AvgIpc) is 3.45. The quantitative estimate of drug-likeness (QED) is 0.353. The molecule has 0 aliphatic carbocycles. The third kappa shape index (κ3) is 6.51. The third-order valence-electron chi connectivity index (χ3n) is 6.76. The zero-order chi connectivity index (χ0) is 26.9. The minimum atomic E-state index is -0.420. The van der Waals surface area contributed by atoms with Crippen LogP contribution in [-0.2, 0) is 33.7 Å². The highest BCUT2D eigenvalue weighted by Crippen LogP contribution is 2.28. The summed E-state index contributed by atoms with van der Waals surface area (Å²) < 4.78 is 10.7. The van der Waals surface area contributed by atoms with Crippen LogP contribution in [-0.4, -0.2) is 73.1 Å². The Morgan fingerprint density at radius 1 is 1.34 bits per heavy atom. The predicted octanol–water partition coefficient (Wildman–Crippen LogP) is 2.86. The highest BCUT2D eigenvalue weighted by Gasteiger charge is 2.27. The second-order valence-electron chi connectivity index (χ2n) is 9.42. The monoisotopic (exact) mass is 520 g/mol. The van der Waals surface area contributed by atoms with Gasteiger partial charge in [0.2, 0.25) is 6.41 Å². The van der Waals surface area contributed by atoms with E-state index in [1.54, 1.807) is 18.1 Å². The number of ether oxygens (including phenoxy) is 2. The SMILES string of the molecule is COCCCc1cc(NC(=O)N2CCCc3cc(CN(C=O)C[C@H]4CCCO4)c(C=O)nc32)ncc1C#N. The molecule has 200 valence electrons. The molecule has 38 heavy (non-hydrogen) atoms. The number of anilines is 2. The average molecular weight is 521 g/mol. The number of rotatable bonds is 11. The highest BCUT2D eigenvalue weighted by atomic mass is 16.5. The zero-order valence-electron chi connectivity index (χ0n) is 21.5. The van der Waals surface area contributed by atoms with Crippen molar-refractivity contribution in [1.29, 1.82) is 5.26 Å². The van der Waals surface area contributed by atoms with Crippen LogP contribution in [0.4, 0.5) is 16.4 Å². The molecule has 0 bridgehead atoms. The van der Waals surface area contributed by atoms with Crippen molar-refractivity contribution in [3.8, 4) is 6.07 Å². The van der Waals surface area contributed by atoms with Crippen LogP contribution in [0.2, 0.25) is 0 Å². The van der Waals surface area contributed by atoms with Gasteiger partial charge in [-0.2, -0.15) is 5.26 Å². The van der Waals surface area contributed by atoms with Gasteiger partial charge in [0.1, 0.15) is 23.4 Å². The number of pyridine rings is 2. The molecule has 1 fully saturated rings. The molecule has 11 nitrogen and oxygen atoms in total. The topological polar surface area (TPSA) is 138 Å². The summed E-state index contributed by atoms with van der Waals surface area (Å²) in [4.78, 5) is 48.8. The molecule has 2 aliphatic heterocycles. The number of carbonyl (C=O) groups excluding carboxylic acids is 3. The molecule has 0 unspecified atom stereocenters. The fraction of sp³-hybridized carbons (Fsp3) is 0.481. The number of aldehydes is 1. The van der Waals surface area contributed by atoms with Gasteiger partial charge in [0.25, 0.3) is 0 Å². The maximum atomic E-state index is 13.3. The molecule has 1 N–H and O–H groups in total. The fourth-order valence-corrected chi connectivity index (χ4v) is 4.85. The number of hydrogen-bond donors (Lipinski definition) is 1. The van der Waals surface area contributed by atoms with Crippen LogP contribution in [0, 0.1) is 11.3 Å². The Kier molecular flexibility index (Phi) is 9.35. The Hall–Kier alpha value is -3.88. The summed E-state index contributed by atoms with van der Waals surface area (Å²) in [5, 5.41) is 12.2. The van der Waals surface area contributed by atoms with Gasteiger partial charge in [-0.1, -0.05) is 0 Å². The lowest BCUT2D eigenvalue weighted by Gasteiger charge is -2.29. The Bertz CT molecular complexity index is 1210. The summed E-state index contributed by atoms with van der Waals surface area (Å²) in [6, 6.07) is 5.28. The van der Waals surface area contributed by atoms with Gasteiger partial charge in [-0.25, -0.2) is 14.8 Å². The van der Waals surface area contributed by atoms with Crippen LogP contribution in [0.25, 0.3) is 0 Å². The lowest BCUT2D eigenvalue weighted by atomic mass is 10.0. The molecule has 2 aromatic heterocycles. The van der Waals surface area contributed by atoms with Gasteiger partial charge >= 0.3 is 6.03 Å². The number of amides is 3. The number of nitrogens with one attached hydrogen (secondary N) is 1. The second-order valence-corrected chi connectivity index (χ2v) is 9.42. The molecule has 3 amide bonds.